The summed E-state index contributed by atoms with van der Waals surface area (Å²) in [6, 6.07) is 3.20. The summed E-state index contributed by atoms with van der Waals surface area (Å²) < 4.78 is 0. The standard InChI is InChI=1S/C9H12ClN3O/c1-6(2)5-9(14)11-8-4-3-7(10)12-13-8/h3-4,6H,5H2,1-2H3,(H,11,13,14). The number of carbonyl (C=O) groups excluding carboxylic acids is 1. The minimum Gasteiger partial charge on any atom is -0.309 e. The Morgan fingerprint density at radius 1 is 1.50 bits per heavy atom. The van der Waals surface area contributed by atoms with Crippen LogP contribution in [0.5, 0.6) is 0 Å². The molecule has 1 aromatic heterocycles. The summed E-state index contributed by atoms with van der Waals surface area (Å²) >= 11 is 5.55. The van der Waals surface area contributed by atoms with E-state index in [4.69, 9.17) is 11.6 Å². The first kappa shape index (κ1) is 10.9. The third-order valence-electron chi connectivity index (χ3n) is 1.49. The van der Waals surface area contributed by atoms with Crippen molar-refractivity contribution in [3.05, 3.63) is 17.3 Å². The van der Waals surface area contributed by atoms with Gasteiger partial charge in [-0.2, -0.15) is 0 Å². The lowest BCUT2D eigenvalue weighted by Gasteiger charge is -2.05. The van der Waals surface area contributed by atoms with Crippen molar-refractivity contribution < 1.29 is 4.79 Å². The molecule has 0 spiro atoms. The summed E-state index contributed by atoms with van der Waals surface area (Å²) in [4.78, 5) is 11.3. The largest absolute Gasteiger partial charge is 0.309 e. The number of anilines is 1. The number of nitrogens with zero attached hydrogens (tertiary/aromatic N) is 2. The van der Waals surface area contributed by atoms with Gasteiger partial charge in [0.25, 0.3) is 0 Å². The number of amides is 1. The van der Waals surface area contributed by atoms with E-state index in [0.717, 1.165) is 0 Å². The summed E-state index contributed by atoms with van der Waals surface area (Å²) in [5, 5.41) is 10.3. The normalized spacial score (nSPS) is 10.3. The van der Waals surface area contributed by atoms with Crippen LogP contribution in [0.25, 0.3) is 0 Å². The molecule has 1 N–H and O–H groups in total. The lowest BCUT2D eigenvalue weighted by molar-refractivity contribution is -0.116. The quantitative estimate of drug-likeness (QED) is 0.837. The van der Waals surface area contributed by atoms with Crippen LogP contribution < -0.4 is 5.32 Å². The van der Waals surface area contributed by atoms with Crippen LogP contribution in [0.1, 0.15) is 20.3 Å². The molecule has 0 atom stereocenters. The van der Waals surface area contributed by atoms with Gasteiger partial charge in [-0.05, 0) is 18.1 Å². The van der Waals surface area contributed by atoms with Crippen LogP contribution in [-0.4, -0.2) is 16.1 Å². The zero-order valence-electron chi connectivity index (χ0n) is 8.12. The Labute approximate surface area is 87.7 Å². The molecule has 76 valence electrons. The molecule has 1 rings (SSSR count). The highest BCUT2D eigenvalue weighted by atomic mass is 35.5. The number of rotatable bonds is 3. The molecular weight excluding hydrogens is 202 g/mol. The van der Waals surface area contributed by atoms with E-state index < -0.39 is 0 Å². The Morgan fingerprint density at radius 2 is 2.21 bits per heavy atom. The van der Waals surface area contributed by atoms with Crippen molar-refractivity contribution in [1.82, 2.24) is 10.2 Å². The third kappa shape index (κ3) is 3.70. The molecule has 1 heterocycles. The van der Waals surface area contributed by atoms with Gasteiger partial charge in [0, 0.05) is 6.42 Å². The van der Waals surface area contributed by atoms with Gasteiger partial charge in [-0.1, -0.05) is 25.4 Å². The van der Waals surface area contributed by atoms with Gasteiger partial charge in [0.15, 0.2) is 11.0 Å². The maximum atomic E-state index is 11.3. The van der Waals surface area contributed by atoms with Gasteiger partial charge in [-0.15, -0.1) is 10.2 Å². The van der Waals surface area contributed by atoms with Crippen molar-refractivity contribution >= 4 is 23.3 Å². The zero-order chi connectivity index (χ0) is 10.6. The second kappa shape index (κ2) is 4.91. The number of hydrogen-bond donors (Lipinski definition) is 1. The lowest BCUT2D eigenvalue weighted by atomic mass is 10.1. The molecule has 0 saturated carbocycles. The highest BCUT2D eigenvalue weighted by Crippen LogP contribution is 2.07. The SMILES string of the molecule is CC(C)CC(=O)Nc1ccc(Cl)nn1. The first-order valence-corrected chi connectivity index (χ1v) is 4.75. The Morgan fingerprint density at radius 3 is 2.71 bits per heavy atom. The molecular formula is C9H12ClN3O. The molecule has 0 unspecified atom stereocenters. The molecule has 0 saturated heterocycles. The lowest BCUT2D eigenvalue weighted by Crippen LogP contribution is -2.14. The minimum absolute atomic E-state index is 0.0587. The molecule has 0 aliphatic rings. The van der Waals surface area contributed by atoms with E-state index in [1.807, 2.05) is 13.8 Å². The maximum absolute atomic E-state index is 11.3. The van der Waals surface area contributed by atoms with E-state index in [9.17, 15) is 4.79 Å². The first-order valence-electron chi connectivity index (χ1n) is 4.37. The van der Waals surface area contributed by atoms with Crippen molar-refractivity contribution in [1.29, 1.82) is 0 Å². The van der Waals surface area contributed by atoms with Gasteiger partial charge < -0.3 is 5.32 Å². The van der Waals surface area contributed by atoms with Gasteiger partial charge in [0.1, 0.15) is 0 Å². The van der Waals surface area contributed by atoms with Crippen molar-refractivity contribution in [2.75, 3.05) is 5.32 Å². The van der Waals surface area contributed by atoms with Crippen LogP contribution in [-0.2, 0) is 4.79 Å². The second-order valence-corrected chi connectivity index (χ2v) is 3.77. The topological polar surface area (TPSA) is 54.9 Å². The molecule has 0 aromatic carbocycles. The van der Waals surface area contributed by atoms with E-state index in [1.165, 1.54) is 0 Å². The van der Waals surface area contributed by atoms with Crippen LogP contribution >= 0.6 is 11.6 Å². The molecule has 0 radical (unpaired) electrons. The Bertz CT molecular complexity index is 310. The minimum atomic E-state index is -0.0587. The Hall–Kier alpha value is -1.16. The zero-order valence-corrected chi connectivity index (χ0v) is 8.88. The number of hydrogen-bond acceptors (Lipinski definition) is 3. The molecule has 4 nitrogen and oxygen atoms in total. The predicted molar refractivity (Wildman–Crippen MR) is 55.1 cm³/mol. The average molecular weight is 214 g/mol. The smallest absolute Gasteiger partial charge is 0.225 e. The van der Waals surface area contributed by atoms with Crippen LogP contribution in [0.15, 0.2) is 12.1 Å². The van der Waals surface area contributed by atoms with E-state index in [1.54, 1.807) is 12.1 Å². The van der Waals surface area contributed by atoms with Crippen molar-refractivity contribution in [3.63, 3.8) is 0 Å². The third-order valence-corrected chi connectivity index (χ3v) is 1.69. The fourth-order valence-electron chi connectivity index (χ4n) is 0.947. The van der Waals surface area contributed by atoms with Gasteiger partial charge >= 0.3 is 0 Å². The van der Waals surface area contributed by atoms with Gasteiger partial charge in [-0.3, -0.25) is 4.79 Å². The molecule has 5 heteroatoms. The molecule has 1 amide bonds. The second-order valence-electron chi connectivity index (χ2n) is 3.39. The first-order chi connectivity index (χ1) is 6.58. The molecule has 0 aliphatic carbocycles. The summed E-state index contributed by atoms with van der Waals surface area (Å²) in [6.07, 6.45) is 0.476. The Balaban J connectivity index is 2.52. The predicted octanol–water partition coefficient (Wildman–Crippen LogP) is 2.11. The molecule has 0 bridgehead atoms. The monoisotopic (exact) mass is 213 g/mol. The fraction of sp³-hybridized carbons (Fsp3) is 0.444. The Kier molecular flexibility index (Phi) is 3.83. The summed E-state index contributed by atoms with van der Waals surface area (Å²) in [7, 11) is 0. The van der Waals surface area contributed by atoms with Crippen LogP contribution in [0, 0.1) is 5.92 Å². The van der Waals surface area contributed by atoms with Crippen LogP contribution in [0.2, 0.25) is 5.15 Å². The molecule has 0 fully saturated rings. The number of aromatic nitrogens is 2. The van der Waals surface area contributed by atoms with E-state index in [-0.39, 0.29) is 5.91 Å². The molecule has 1 aromatic rings. The number of carbonyl (C=O) groups is 1. The molecule has 0 aliphatic heterocycles. The van der Waals surface area contributed by atoms with Crippen LogP contribution in [0.4, 0.5) is 5.82 Å². The van der Waals surface area contributed by atoms with Gasteiger partial charge in [0.2, 0.25) is 5.91 Å². The van der Waals surface area contributed by atoms with E-state index in [0.29, 0.717) is 23.3 Å². The van der Waals surface area contributed by atoms with Crippen LogP contribution in [0.3, 0.4) is 0 Å². The highest BCUT2D eigenvalue weighted by Gasteiger charge is 2.05. The molecule has 14 heavy (non-hydrogen) atoms. The highest BCUT2D eigenvalue weighted by molar-refractivity contribution is 6.29. The number of nitrogens with one attached hydrogen (secondary N) is 1. The van der Waals surface area contributed by atoms with E-state index >= 15 is 0 Å². The summed E-state index contributed by atoms with van der Waals surface area (Å²) in [5.74, 6) is 0.701. The number of halogens is 1. The summed E-state index contributed by atoms with van der Waals surface area (Å²) in [5.41, 5.74) is 0. The fourth-order valence-corrected chi connectivity index (χ4v) is 1.05. The summed E-state index contributed by atoms with van der Waals surface area (Å²) in [6.45, 7) is 3.96. The van der Waals surface area contributed by atoms with Crippen molar-refractivity contribution in [3.8, 4) is 0 Å². The average Bonchev–Trinajstić information content (AvgIpc) is 2.07. The van der Waals surface area contributed by atoms with Crippen molar-refractivity contribution in [2.24, 2.45) is 5.92 Å². The van der Waals surface area contributed by atoms with Gasteiger partial charge in [0.05, 0.1) is 0 Å². The van der Waals surface area contributed by atoms with Gasteiger partial charge in [-0.25, -0.2) is 0 Å². The van der Waals surface area contributed by atoms with Crippen molar-refractivity contribution in [2.45, 2.75) is 20.3 Å². The maximum Gasteiger partial charge on any atom is 0.225 e. The van der Waals surface area contributed by atoms with E-state index in [2.05, 4.69) is 15.5 Å².